The normalized spacial score (nSPS) is 15.6. The van der Waals surface area contributed by atoms with Crippen molar-refractivity contribution in [2.45, 2.75) is 25.8 Å². The maximum atomic E-state index is 12.8. The number of fused-ring (bicyclic) bond motifs is 2. The standard InChI is InChI=1S/C20H20N6O2S/c1-28-15-8-13-10-21-9-12(13)7-14(15)24-17-16-18(23-11-22-17)29-19(25-16)20(27)26-5-3-2-4-6-26/h7-9,11H,2-6,10H2,1H3,(H,22,23,24). The van der Waals surface area contributed by atoms with Crippen LogP contribution in [0.4, 0.5) is 11.5 Å². The molecule has 2 aliphatic rings. The molecule has 1 fully saturated rings. The van der Waals surface area contributed by atoms with Crippen LogP contribution < -0.4 is 10.1 Å². The number of ether oxygens (including phenoxy) is 1. The second-order valence-corrected chi connectivity index (χ2v) is 8.07. The van der Waals surface area contributed by atoms with E-state index >= 15 is 0 Å². The van der Waals surface area contributed by atoms with Gasteiger partial charge in [0.25, 0.3) is 5.91 Å². The van der Waals surface area contributed by atoms with E-state index in [9.17, 15) is 4.79 Å². The molecule has 3 aromatic rings. The molecule has 1 N–H and O–H groups in total. The number of likely N-dealkylation sites (tertiary alicyclic amines) is 1. The lowest BCUT2D eigenvalue weighted by Crippen LogP contribution is -2.35. The highest BCUT2D eigenvalue weighted by molar-refractivity contribution is 7.19. The highest BCUT2D eigenvalue weighted by atomic mass is 32.1. The Hall–Kier alpha value is -3.07. The van der Waals surface area contributed by atoms with Crippen LogP contribution in [0.2, 0.25) is 0 Å². The summed E-state index contributed by atoms with van der Waals surface area (Å²) in [5.41, 5.74) is 3.55. The summed E-state index contributed by atoms with van der Waals surface area (Å²) >= 11 is 1.31. The van der Waals surface area contributed by atoms with Crippen LogP contribution in [-0.4, -0.2) is 52.2 Å². The van der Waals surface area contributed by atoms with Crippen molar-refractivity contribution in [1.29, 1.82) is 0 Å². The van der Waals surface area contributed by atoms with Gasteiger partial charge >= 0.3 is 0 Å². The fourth-order valence-corrected chi connectivity index (χ4v) is 4.58. The van der Waals surface area contributed by atoms with Crippen molar-refractivity contribution in [3.8, 4) is 5.75 Å². The number of carbonyl (C=O) groups excluding carboxylic acids is 1. The number of rotatable bonds is 4. The van der Waals surface area contributed by atoms with Gasteiger partial charge < -0.3 is 15.0 Å². The first kappa shape index (κ1) is 18.0. The lowest BCUT2D eigenvalue weighted by molar-refractivity contribution is 0.0724. The number of nitrogens with zero attached hydrogens (tertiary/aromatic N) is 5. The van der Waals surface area contributed by atoms with E-state index in [2.05, 4.69) is 25.3 Å². The third-order valence-electron chi connectivity index (χ3n) is 5.23. The SMILES string of the molecule is COc1cc2c(cc1Nc1ncnc3sc(C(=O)N4CCCCC4)nc13)C=NC2. The Kier molecular flexibility index (Phi) is 4.59. The Morgan fingerprint density at radius 2 is 2.07 bits per heavy atom. The first-order chi connectivity index (χ1) is 14.2. The number of thiazole rings is 1. The Morgan fingerprint density at radius 1 is 1.21 bits per heavy atom. The van der Waals surface area contributed by atoms with Crippen LogP contribution in [0, 0.1) is 0 Å². The second-order valence-electron chi connectivity index (χ2n) is 7.09. The fourth-order valence-electron chi connectivity index (χ4n) is 3.70. The number of piperidine rings is 1. The van der Waals surface area contributed by atoms with Crippen LogP contribution in [0.5, 0.6) is 5.75 Å². The minimum atomic E-state index is -0.0232. The molecule has 0 radical (unpaired) electrons. The number of methoxy groups -OCH3 is 1. The summed E-state index contributed by atoms with van der Waals surface area (Å²) < 4.78 is 5.54. The van der Waals surface area contributed by atoms with Crippen LogP contribution in [0.25, 0.3) is 10.3 Å². The lowest BCUT2D eigenvalue weighted by Gasteiger charge is -2.25. The van der Waals surface area contributed by atoms with Gasteiger partial charge in [0.05, 0.1) is 19.3 Å². The summed E-state index contributed by atoms with van der Waals surface area (Å²) in [4.78, 5) is 33.0. The minimum Gasteiger partial charge on any atom is -0.495 e. The summed E-state index contributed by atoms with van der Waals surface area (Å²) in [6, 6.07) is 3.97. The third kappa shape index (κ3) is 3.31. The van der Waals surface area contributed by atoms with Crippen LogP contribution in [-0.2, 0) is 6.54 Å². The van der Waals surface area contributed by atoms with Gasteiger partial charge in [-0.2, -0.15) is 0 Å². The van der Waals surface area contributed by atoms with Crippen LogP contribution >= 0.6 is 11.3 Å². The largest absolute Gasteiger partial charge is 0.495 e. The van der Waals surface area contributed by atoms with E-state index in [0.29, 0.717) is 33.5 Å². The smallest absolute Gasteiger partial charge is 0.282 e. The molecule has 1 saturated heterocycles. The number of aromatic nitrogens is 3. The van der Waals surface area contributed by atoms with Crippen molar-refractivity contribution in [1.82, 2.24) is 19.9 Å². The zero-order valence-electron chi connectivity index (χ0n) is 16.0. The van der Waals surface area contributed by atoms with Gasteiger partial charge in [-0.15, -0.1) is 0 Å². The lowest BCUT2D eigenvalue weighted by atomic mass is 10.1. The predicted octanol–water partition coefficient (Wildman–Crippen LogP) is 3.40. The van der Waals surface area contributed by atoms with E-state index in [-0.39, 0.29) is 5.91 Å². The Morgan fingerprint density at radius 3 is 2.90 bits per heavy atom. The summed E-state index contributed by atoms with van der Waals surface area (Å²) in [7, 11) is 1.64. The van der Waals surface area contributed by atoms with Crippen LogP contribution in [0.15, 0.2) is 23.5 Å². The van der Waals surface area contributed by atoms with Crippen molar-refractivity contribution in [2.24, 2.45) is 4.99 Å². The second kappa shape index (κ2) is 7.40. The first-order valence-electron chi connectivity index (χ1n) is 9.61. The van der Waals surface area contributed by atoms with Crippen molar-refractivity contribution in [3.05, 3.63) is 34.6 Å². The van der Waals surface area contributed by atoms with E-state index in [0.717, 1.165) is 42.7 Å². The van der Waals surface area contributed by atoms with Crippen LogP contribution in [0.1, 0.15) is 40.2 Å². The number of benzene rings is 1. The number of anilines is 2. The number of hydrogen-bond donors (Lipinski definition) is 1. The fraction of sp³-hybridized carbons (Fsp3) is 0.350. The molecule has 0 unspecified atom stereocenters. The van der Waals surface area contributed by atoms with Gasteiger partial charge in [0.1, 0.15) is 22.4 Å². The topological polar surface area (TPSA) is 92.6 Å². The molecule has 1 aromatic carbocycles. The number of amides is 1. The number of aliphatic imine (C=N–C) groups is 1. The van der Waals surface area contributed by atoms with Gasteiger partial charge in [-0.1, -0.05) is 11.3 Å². The maximum Gasteiger partial charge on any atom is 0.282 e. The van der Waals surface area contributed by atoms with Crippen molar-refractivity contribution in [2.75, 3.05) is 25.5 Å². The Labute approximate surface area is 171 Å². The molecule has 0 atom stereocenters. The van der Waals surface area contributed by atoms with Crippen LogP contribution in [0.3, 0.4) is 0 Å². The number of hydrogen-bond acceptors (Lipinski definition) is 8. The third-order valence-corrected chi connectivity index (χ3v) is 6.18. The zero-order valence-corrected chi connectivity index (χ0v) is 16.8. The van der Waals surface area contributed by atoms with Crippen molar-refractivity contribution >= 4 is 45.3 Å². The summed E-state index contributed by atoms with van der Waals surface area (Å²) in [6.45, 7) is 2.25. The first-order valence-corrected chi connectivity index (χ1v) is 10.4. The molecule has 0 aliphatic carbocycles. The molecule has 0 spiro atoms. The van der Waals surface area contributed by atoms with Gasteiger partial charge in [0.15, 0.2) is 10.8 Å². The van der Waals surface area contributed by atoms with Crippen molar-refractivity contribution < 1.29 is 9.53 Å². The minimum absolute atomic E-state index is 0.0232. The quantitative estimate of drug-likeness (QED) is 0.711. The van der Waals surface area contributed by atoms with Gasteiger partial charge in [-0.25, -0.2) is 15.0 Å². The molecule has 2 aliphatic heterocycles. The molecule has 9 heteroatoms. The highest BCUT2D eigenvalue weighted by Crippen LogP contribution is 2.34. The molecule has 4 heterocycles. The van der Waals surface area contributed by atoms with E-state index < -0.39 is 0 Å². The molecule has 2 aromatic heterocycles. The zero-order chi connectivity index (χ0) is 19.8. The molecule has 148 valence electrons. The summed E-state index contributed by atoms with van der Waals surface area (Å²) in [5, 5.41) is 3.77. The number of carbonyl (C=O) groups is 1. The average Bonchev–Trinajstić information content (AvgIpc) is 3.40. The highest BCUT2D eigenvalue weighted by Gasteiger charge is 2.23. The maximum absolute atomic E-state index is 12.8. The molecule has 0 bridgehead atoms. The molecule has 0 saturated carbocycles. The van der Waals surface area contributed by atoms with Gasteiger partial charge in [-0.05, 0) is 42.5 Å². The molecule has 1 amide bonds. The summed E-state index contributed by atoms with van der Waals surface area (Å²) in [6.07, 6.45) is 6.61. The summed E-state index contributed by atoms with van der Waals surface area (Å²) in [5.74, 6) is 1.24. The molecule has 5 rings (SSSR count). The Balaban J connectivity index is 1.49. The molecule has 29 heavy (non-hydrogen) atoms. The van der Waals surface area contributed by atoms with Gasteiger partial charge in [-0.3, -0.25) is 9.79 Å². The van der Waals surface area contributed by atoms with E-state index in [1.807, 2.05) is 23.2 Å². The van der Waals surface area contributed by atoms with E-state index in [1.54, 1.807) is 7.11 Å². The Bertz CT molecular complexity index is 1120. The van der Waals surface area contributed by atoms with Gasteiger partial charge in [0, 0.05) is 19.3 Å². The number of nitrogens with one attached hydrogen (secondary N) is 1. The predicted molar refractivity (Wildman–Crippen MR) is 113 cm³/mol. The average molecular weight is 408 g/mol. The van der Waals surface area contributed by atoms with Crippen molar-refractivity contribution in [3.63, 3.8) is 0 Å². The molecular weight excluding hydrogens is 388 g/mol. The molecule has 8 nitrogen and oxygen atoms in total. The van der Waals surface area contributed by atoms with E-state index in [4.69, 9.17) is 4.74 Å². The molecular formula is C20H20N6O2S. The van der Waals surface area contributed by atoms with Gasteiger partial charge in [0.2, 0.25) is 0 Å². The van der Waals surface area contributed by atoms with E-state index in [1.165, 1.54) is 24.1 Å². The monoisotopic (exact) mass is 408 g/mol.